The van der Waals surface area contributed by atoms with Crippen molar-refractivity contribution in [2.24, 2.45) is 0 Å². The molecule has 0 atom stereocenters. The van der Waals surface area contributed by atoms with Crippen LogP contribution in [0, 0.1) is 5.82 Å². The summed E-state index contributed by atoms with van der Waals surface area (Å²) >= 11 is 5.10. The van der Waals surface area contributed by atoms with E-state index in [4.69, 9.17) is 5.11 Å². The number of nitrogens with one attached hydrogen (secondary N) is 1. The van der Waals surface area contributed by atoms with E-state index in [9.17, 15) is 4.39 Å². The number of hydrogen-bond acceptors (Lipinski definition) is 3. The van der Waals surface area contributed by atoms with Crippen LogP contribution < -0.4 is 5.32 Å². The van der Waals surface area contributed by atoms with Gasteiger partial charge in [-0.05, 0) is 45.8 Å². The first kappa shape index (κ1) is 13.7. The first-order valence-corrected chi connectivity index (χ1v) is 7.13. The van der Waals surface area contributed by atoms with Crippen molar-refractivity contribution in [1.29, 1.82) is 0 Å². The average Bonchev–Trinajstić information content (AvgIpc) is 2.77. The molecule has 0 bridgehead atoms. The number of thiophene rings is 1. The lowest BCUT2D eigenvalue weighted by Gasteiger charge is -2.06. The largest absolute Gasteiger partial charge is 0.392 e. The van der Waals surface area contributed by atoms with E-state index >= 15 is 0 Å². The van der Waals surface area contributed by atoms with Gasteiger partial charge in [0, 0.05) is 23.5 Å². The standard InChI is InChI=1S/C13H13BrFNOS/c14-13-4-2-11(18-13)7-16-6-9-1-3-12(15)10(5-9)8-17/h1-5,16-17H,6-8H2. The maximum atomic E-state index is 13.2. The van der Waals surface area contributed by atoms with Crippen LogP contribution in [-0.4, -0.2) is 5.11 Å². The molecule has 0 aliphatic rings. The monoisotopic (exact) mass is 329 g/mol. The Morgan fingerprint density at radius 2 is 2.06 bits per heavy atom. The third kappa shape index (κ3) is 3.62. The first-order valence-electron chi connectivity index (χ1n) is 5.52. The van der Waals surface area contributed by atoms with Crippen molar-refractivity contribution in [2.45, 2.75) is 19.7 Å². The van der Waals surface area contributed by atoms with E-state index in [-0.39, 0.29) is 12.4 Å². The second kappa shape index (κ2) is 6.43. The van der Waals surface area contributed by atoms with Crippen molar-refractivity contribution in [3.05, 3.63) is 55.9 Å². The van der Waals surface area contributed by atoms with Crippen LogP contribution in [0.15, 0.2) is 34.1 Å². The van der Waals surface area contributed by atoms with Crippen molar-refractivity contribution < 1.29 is 9.50 Å². The Balaban J connectivity index is 1.90. The minimum atomic E-state index is -0.358. The molecule has 96 valence electrons. The summed E-state index contributed by atoms with van der Waals surface area (Å²) in [6.07, 6.45) is 0. The molecule has 2 nitrogen and oxygen atoms in total. The molecule has 1 heterocycles. The normalized spacial score (nSPS) is 10.8. The van der Waals surface area contributed by atoms with E-state index in [1.165, 1.54) is 10.9 Å². The molecule has 0 amide bonds. The predicted octanol–water partition coefficient (Wildman–Crippen LogP) is 3.43. The lowest BCUT2D eigenvalue weighted by Crippen LogP contribution is -2.12. The van der Waals surface area contributed by atoms with E-state index in [0.717, 1.165) is 15.9 Å². The minimum absolute atomic E-state index is 0.266. The average molecular weight is 330 g/mol. The van der Waals surface area contributed by atoms with Crippen LogP contribution in [0.3, 0.4) is 0 Å². The maximum Gasteiger partial charge on any atom is 0.128 e. The Morgan fingerprint density at radius 3 is 2.72 bits per heavy atom. The number of rotatable bonds is 5. The second-order valence-electron chi connectivity index (χ2n) is 3.89. The molecule has 0 spiro atoms. The molecule has 2 rings (SSSR count). The molecular weight excluding hydrogens is 317 g/mol. The Hall–Kier alpha value is -0.750. The summed E-state index contributed by atoms with van der Waals surface area (Å²) in [6.45, 7) is 1.17. The van der Waals surface area contributed by atoms with Crippen molar-refractivity contribution in [3.8, 4) is 0 Å². The van der Waals surface area contributed by atoms with Crippen LogP contribution in [0.1, 0.15) is 16.0 Å². The highest BCUT2D eigenvalue weighted by Gasteiger charge is 2.03. The van der Waals surface area contributed by atoms with Crippen molar-refractivity contribution in [1.82, 2.24) is 5.32 Å². The zero-order valence-electron chi connectivity index (χ0n) is 9.62. The molecule has 0 unspecified atom stereocenters. The molecule has 0 fully saturated rings. The third-order valence-corrected chi connectivity index (χ3v) is 4.16. The Bertz CT molecular complexity index is 529. The van der Waals surface area contributed by atoms with Crippen LogP contribution in [-0.2, 0) is 19.7 Å². The van der Waals surface area contributed by atoms with Gasteiger partial charge in [-0.15, -0.1) is 11.3 Å². The molecule has 2 aromatic rings. The van der Waals surface area contributed by atoms with Gasteiger partial charge in [0.2, 0.25) is 0 Å². The molecule has 0 aliphatic carbocycles. The van der Waals surface area contributed by atoms with Gasteiger partial charge in [0.15, 0.2) is 0 Å². The Kier molecular flexibility index (Phi) is 4.88. The molecule has 1 aromatic heterocycles. The van der Waals surface area contributed by atoms with Crippen molar-refractivity contribution >= 4 is 27.3 Å². The van der Waals surface area contributed by atoms with E-state index in [1.54, 1.807) is 23.5 Å². The smallest absolute Gasteiger partial charge is 0.128 e. The molecule has 2 N–H and O–H groups in total. The quantitative estimate of drug-likeness (QED) is 0.880. The summed E-state index contributed by atoms with van der Waals surface area (Å²) in [5.74, 6) is -0.358. The van der Waals surface area contributed by atoms with Gasteiger partial charge >= 0.3 is 0 Å². The Morgan fingerprint density at radius 1 is 1.22 bits per heavy atom. The fourth-order valence-electron chi connectivity index (χ4n) is 1.64. The lowest BCUT2D eigenvalue weighted by atomic mass is 10.1. The summed E-state index contributed by atoms with van der Waals surface area (Å²) in [6, 6.07) is 8.89. The molecule has 5 heteroatoms. The van der Waals surface area contributed by atoms with Gasteiger partial charge in [0.1, 0.15) is 5.82 Å². The second-order valence-corrected chi connectivity index (χ2v) is 6.44. The molecule has 0 saturated heterocycles. The zero-order valence-corrected chi connectivity index (χ0v) is 12.0. The van der Waals surface area contributed by atoms with E-state index in [2.05, 4.69) is 27.3 Å². The highest BCUT2D eigenvalue weighted by Crippen LogP contribution is 2.21. The van der Waals surface area contributed by atoms with Crippen LogP contribution in [0.25, 0.3) is 0 Å². The van der Waals surface area contributed by atoms with Gasteiger partial charge < -0.3 is 10.4 Å². The third-order valence-electron chi connectivity index (χ3n) is 2.54. The number of hydrogen-bond donors (Lipinski definition) is 2. The molecular formula is C13H13BrFNOS. The summed E-state index contributed by atoms with van der Waals surface area (Å²) in [5.41, 5.74) is 1.31. The highest BCUT2D eigenvalue weighted by atomic mass is 79.9. The first-order chi connectivity index (χ1) is 8.69. The fourth-order valence-corrected chi connectivity index (χ4v) is 3.09. The van der Waals surface area contributed by atoms with Crippen molar-refractivity contribution in [2.75, 3.05) is 0 Å². The number of aliphatic hydroxyl groups is 1. The predicted molar refractivity (Wildman–Crippen MR) is 74.9 cm³/mol. The van der Waals surface area contributed by atoms with Gasteiger partial charge in [-0.25, -0.2) is 4.39 Å². The molecule has 0 radical (unpaired) electrons. The Labute approximate surface area is 118 Å². The van der Waals surface area contributed by atoms with E-state index in [0.29, 0.717) is 12.1 Å². The number of benzene rings is 1. The summed E-state index contributed by atoms with van der Waals surface area (Å²) in [5, 5.41) is 12.3. The summed E-state index contributed by atoms with van der Waals surface area (Å²) in [4.78, 5) is 1.24. The minimum Gasteiger partial charge on any atom is -0.392 e. The topological polar surface area (TPSA) is 32.3 Å². The van der Waals surface area contributed by atoms with Gasteiger partial charge in [0.25, 0.3) is 0 Å². The molecule has 18 heavy (non-hydrogen) atoms. The summed E-state index contributed by atoms with van der Waals surface area (Å²) < 4.78 is 14.3. The van der Waals surface area contributed by atoms with Crippen LogP contribution in [0.2, 0.25) is 0 Å². The number of halogens is 2. The van der Waals surface area contributed by atoms with Crippen LogP contribution in [0.4, 0.5) is 4.39 Å². The van der Waals surface area contributed by atoms with Gasteiger partial charge in [-0.1, -0.05) is 6.07 Å². The van der Waals surface area contributed by atoms with Crippen LogP contribution in [0.5, 0.6) is 0 Å². The SMILES string of the molecule is OCc1cc(CNCc2ccc(Br)s2)ccc1F. The molecule has 0 aliphatic heterocycles. The maximum absolute atomic E-state index is 13.2. The highest BCUT2D eigenvalue weighted by molar-refractivity contribution is 9.11. The van der Waals surface area contributed by atoms with Crippen LogP contribution >= 0.6 is 27.3 Å². The molecule has 1 aromatic carbocycles. The van der Waals surface area contributed by atoms with Crippen molar-refractivity contribution in [3.63, 3.8) is 0 Å². The number of aliphatic hydroxyl groups excluding tert-OH is 1. The zero-order chi connectivity index (χ0) is 13.0. The van der Waals surface area contributed by atoms with Gasteiger partial charge in [0.05, 0.1) is 10.4 Å². The summed E-state index contributed by atoms with van der Waals surface area (Å²) in [7, 11) is 0. The van der Waals surface area contributed by atoms with E-state index < -0.39 is 0 Å². The lowest BCUT2D eigenvalue weighted by molar-refractivity contribution is 0.275. The van der Waals surface area contributed by atoms with Gasteiger partial charge in [-0.3, -0.25) is 0 Å². The molecule has 0 saturated carbocycles. The fraction of sp³-hybridized carbons (Fsp3) is 0.231. The van der Waals surface area contributed by atoms with Gasteiger partial charge in [-0.2, -0.15) is 0 Å². The van der Waals surface area contributed by atoms with E-state index in [1.807, 2.05) is 6.07 Å².